The van der Waals surface area contributed by atoms with Crippen molar-refractivity contribution in [2.75, 3.05) is 18.4 Å². The summed E-state index contributed by atoms with van der Waals surface area (Å²) >= 11 is 6.38. The SMILES string of the molecule is CC(C)c1c(Cl)ccc2c(NC3C4CCN(CC4)C3(C)C)noc12. The molecule has 2 bridgehead atoms. The van der Waals surface area contributed by atoms with Gasteiger partial charge in [-0.2, -0.15) is 0 Å². The van der Waals surface area contributed by atoms with E-state index in [1.54, 1.807) is 0 Å². The monoisotopic (exact) mass is 347 g/mol. The first-order chi connectivity index (χ1) is 11.4. The molecule has 1 aromatic heterocycles. The molecule has 1 unspecified atom stereocenters. The van der Waals surface area contributed by atoms with Gasteiger partial charge in [-0.25, -0.2) is 0 Å². The molecular weight excluding hydrogens is 322 g/mol. The van der Waals surface area contributed by atoms with Crippen LogP contribution in [0.2, 0.25) is 5.02 Å². The van der Waals surface area contributed by atoms with Crippen molar-refractivity contribution in [3.63, 3.8) is 0 Å². The third kappa shape index (κ3) is 2.34. The maximum absolute atomic E-state index is 6.38. The van der Waals surface area contributed by atoms with Gasteiger partial charge in [-0.15, -0.1) is 0 Å². The second-order valence-electron chi connectivity index (χ2n) is 8.12. The molecule has 1 N–H and O–H groups in total. The molecular formula is C19H26ClN3O. The van der Waals surface area contributed by atoms with Crippen LogP contribution in [0.25, 0.3) is 11.0 Å². The number of fused-ring (bicyclic) bond motifs is 4. The maximum atomic E-state index is 6.38. The van der Waals surface area contributed by atoms with Crippen LogP contribution in [-0.4, -0.2) is 34.7 Å². The minimum Gasteiger partial charge on any atom is -0.362 e. The molecule has 0 amide bonds. The van der Waals surface area contributed by atoms with E-state index in [-0.39, 0.29) is 5.54 Å². The quantitative estimate of drug-likeness (QED) is 0.858. The Morgan fingerprint density at radius 1 is 1.29 bits per heavy atom. The van der Waals surface area contributed by atoms with Gasteiger partial charge in [0.2, 0.25) is 0 Å². The first-order valence-corrected chi connectivity index (χ1v) is 9.36. The Balaban J connectivity index is 1.72. The van der Waals surface area contributed by atoms with Crippen molar-refractivity contribution in [2.45, 2.75) is 58.0 Å². The van der Waals surface area contributed by atoms with E-state index < -0.39 is 0 Å². The molecule has 130 valence electrons. The van der Waals surface area contributed by atoms with E-state index in [1.807, 2.05) is 12.1 Å². The van der Waals surface area contributed by atoms with Gasteiger partial charge in [0, 0.05) is 22.2 Å². The first-order valence-electron chi connectivity index (χ1n) is 8.99. The number of hydrogen-bond acceptors (Lipinski definition) is 4. The summed E-state index contributed by atoms with van der Waals surface area (Å²) in [5.74, 6) is 1.86. The number of rotatable bonds is 3. The Morgan fingerprint density at radius 2 is 2.00 bits per heavy atom. The third-order valence-electron chi connectivity index (χ3n) is 6.08. The molecule has 0 saturated carbocycles. The second-order valence-corrected chi connectivity index (χ2v) is 8.53. The molecule has 3 saturated heterocycles. The Labute approximate surface area is 148 Å². The Morgan fingerprint density at radius 3 is 2.62 bits per heavy atom. The summed E-state index contributed by atoms with van der Waals surface area (Å²) in [6, 6.07) is 4.38. The molecule has 1 aromatic carbocycles. The van der Waals surface area contributed by atoms with Gasteiger partial charge in [-0.05, 0) is 63.7 Å². The van der Waals surface area contributed by atoms with Crippen molar-refractivity contribution < 1.29 is 4.52 Å². The van der Waals surface area contributed by atoms with Crippen molar-refractivity contribution in [1.82, 2.24) is 10.1 Å². The zero-order valence-corrected chi connectivity index (χ0v) is 15.7. The molecule has 4 nitrogen and oxygen atoms in total. The van der Waals surface area contributed by atoms with Crippen LogP contribution >= 0.6 is 11.6 Å². The summed E-state index contributed by atoms with van der Waals surface area (Å²) in [5, 5.41) is 9.87. The van der Waals surface area contributed by atoms with E-state index in [2.05, 4.69) is 43.1 Å². The van der Waals surface area contributed by atoms with Crippen LogP contribution in [0.4, 0.5) is 5.82 Å². The predicted octanol–water partition coefficient (Wildman–Crippen LogP) is 4.89. The molecule has 5 rings (SSSR count). The van der Waals surface area contributed by atoms with Gasteiger partial charge in [0.05, 0.1) is 5.39 Å². The highest BCUT2D eigenvalue weighted by Crippen LogP contribution is 2.42. The summed E-state index contributed by atoms with van der Waals surface area (Å²) in [6.45, 7) is 11.4. The second kappa shape index (κ2) is 5.63. The molecule has 0 radical (unpaired) electrons. The summed E-state index contributed by atoms with van der Waals surface area (Å²) in [7, 11) is 0. The van der Waals surface area contributed by atoms with E-state index in [9.17, 15) is 0 Å². The fourth-order valence-corrected chi connectivity index (χ4v) is 5.03. The van der Waals surface area contributed by atoms with Gasteiger partial charge >= 0.3 is 0 Å². The molecule has 3 aliphatic heterocycles. The Kier molecular flexibility index (Phi) is 3.81. The van der Waals surface area contributed by atoms with Crippen LogP contribution < -0.4 is 5.32 Å². The van der Waals surface area contributed by atoms with Crippen LogP contribution in [0, 0.1) is 5.92 Å². The normalized spacial score (nSPS) is 28.7. The topological polar surface area (TPSA) is 41.3 Å². The standard InChI is InChI=1S/C19H26ClN3O/c1-11(2)15-14(20)6-5-13-16(15)24-22-18(13)21-17-12-7-9-23(10-8-12)19(17,3)4/h5-6,11-12,17H,7-10H2,1-4H3,(H,21,22). The number of aromatic nitrogens is 1. The molecule has 0 spiro atoms. The fourth-order valence-electron chi connectivity index (χ4n) is 4.67. The number of piperidine rings is 3. The van der Waals surface area contributed by atoms with Gasteiger partial charge < -0.3 is 9.84 Å². The van der Waals surface area contributed by atoms with E-state index in [1.165, 1.54) is 25.9 Å². The molecule has 1 atom stereocenters. The Bertz CT molecular complexity index is 759. The van der Waals surface area contributed by atoms with Crippen LogP contribution in [0.3, 0.4) is 0 Å². The van der Waals surface area contributed by atoms with E-state index >= 15 is 0 Å². The molecule has 2 aromatic rings. The molecule has 0 aliphatic carbocycles. The van der Waals surface area contributed by atoms with E-state index in [0.717, 1.165) is 27.4 Å². The number of hydrogen-bond donors (Lipinski definition) is 1. The van der Waals surface area contributed by atoms with Crippen molar-refractivity contribution in [2.24, 2.45) is 5.92 Å². The zero-order chi connectivity index (χ0) is 17.1. The van der Waals surface area contributed by atoms with Gasteiger partial charge in [-0.1, -0.05) is 30.6 Å². The van der Waals surface area contributed by atoms with E-state index in [4.69, 9.17) is 16.1 Å². The summed E-state index contributed by atoms with van der Waals surface area (Å²) < 4.78 is 5.70. The summed E-state index contributed by atoms with van der Waals surface area (Å²) in [4.78, 5) is 2.60. The molecule has 24 heavy (non-hydrogen) atoms. The van der Waals surface area contributed by atoms with Gasteiger partial charge in [0.1, 0.15) is 0 Å². The van der Waals surface area contributed by atoms with Crippen LogP contribution in [0.15, 0.2) is 16.7 Å². The number of nitrogens with one attached hydrogen (secondary N) is 1. The zero-order valence-electron chi connectivity index (χ0n) is 14.9. The highest BCUT2D eigenvalue weighted by atomic mass is 35.5. The van der Waals surface area contributed by atoms with Crippen LogP contribution in [0.1, 0.15) is 52.0 Å². The molecule has 5 heteroatoms. The van der Waals surface area contributed by atoms with Gasteiger partial charge in [0.25, 0.3) is 0 Å². The largest absolute Gasteiger partial charge is 0.362 e. The van der Waals surface area contributed by atoms with Gasteiger partial charge in [0.15, 0.2) is 11.4 Å². The van der Waals surface area contributed by atoms with Crippen molar-refractivity contribution in [3.8, 4) is 0 Å². The van der Waals surface area contributed by atoms with Gasteiger partial charge in [-0.3, -0.25) is 4.90 Å². The van der Waals surface area contributed by atoms with Crippen LogP contribution in [0.5, 0.6) is 0 Å². The lowest BCUT2D eigenvalue weighted by molar-refractivity contribution is -0.0189. The summed E-state index contributed by atoms with van der Waals surface area (Å²) in [6.07, 6.45) is 2.53. The summed E-state index contributed by atoms with van der Waals surface area (Å²) in [5.41, 5.74) is 2.00. The number of halogens is 1. The smallest absolute Gasteiger partial charge is 0.177 e. The highest BCUT2D eigenvalue weighted by Gasteiger charge is 2.47. The number of anilines is 1. The van der Waals surface area contributed by atoms with Crippen LogP contribution in [-0.2, 0) is 0 Å². The maximum Gasteiger partial charge on any atom is 0.177 e. The van der Waals surface area contributed by atoms with Crippen molar-refractivity contribution >= 4 is 28.4 Å². The first kappa shape index (κ1) is 16.2. The molecule has 4 heterocycles. The lowest BCUT2D eigenvalue weighted by Gasteiger charge is -2.56. The lowest BCUT2D eigenvalue weighted by Crippen LogP contribution is -2.66. The fraction of sp³-hybridized carbons (Fsp3) is 0.632. The minimum atomic E-state index is 0.139. The third-order valence-corrected chi connectivity index (χ3v) is 6.41. The number of nitrogens with zero attached hydrogens (tertiary/aromatic N) is 2. The Hall–Kier alpha value is -1.26. The van der Waals surface area contributed by atoms with Crippen molar-refractivity contribution in [1.29, 1.82) is 0 Å². The molecule has 3 fully saturated rings. The average molecular weight is 348 g/mol. The minimum absolute atomic E-state index is 0.139. The predicted molar refractivity (Wildman–Crippen MR) is 98.9 cm³/mol. The van der Waals surface area contributed by atoms with Crippen molar-refractivity contribution in [3.05, 3.63) is 22.7 Å². The van der Waals surface area contributed by atoms with E-state index in [0.29, 0.717) is 17.9 Å². The molecule has 3 aliphatic rings. The number of benzene rings is 1. The average Bonchev–Trinajstić information content (AvgIpc) is 2.93. The highest BCUT2D eigenvalue weighted by molar-refractivity contribution is 6.32. The lowest BCUT2D eigenvalue weighted by atomic mass is 9.72.